The molecule has 2 aromatic rings. The van der Waals surface area contributed by atoms with Crippen molar-refractivity contribution in [2.24, 2.45) is 0 Å². The Hall–Kier alpha value is -2.75. The van der Waals surface area contributed by atoms with Gasteiger partial charge < -0.3 is 14.4 Å². The van der Waals surface area contributed by atoms with Crippen molar-refractivity contribution in [1.29, 1.82) is 0 Å². The van der Waals surface area contributed by atoms with E-state index in [2.05, 4.69) is 0 Å². The molecule has 4 rings (SSSR count). The Morgan fingerprint density at radius 1 is 1.06 bits per heavy atom. The molecule has 0 N–H and O–H groups in total. The van der Waals surface area contributed by atoms with E-state index in [-0.39, 0.29) is 23.0 Å². The molecule has 1 atom stereocenters. The van der Waals surface area contributed by atoms with Crippen molar-refractivity contribution in [3.63, 3.8) is 0 Å². The summed E-state index contributed by atoms with van der Waals surface area (Å²) in [5.74, 6) is -0.675. The summed E-state index contributed by atoms with van der Waals surface area (Å²) in [7, 11) is -0.689. The monoisotopic (exact) mass is 444 g/mol. The molecule has 31 heavy (non-hydrogen) atoms. The second-order valence-electron chi connectivity index (χ2n) is 7.61. The van der Waals surface area contributed by atoms with Gasteiger partial charge in [0.1, 0.15) is 5.75 Å². The molecule has 2 aromatic carbocycles. The topological polar surface area (TPSA) is 93.2 Å². The highest BCUT2D eigenvalue weighted by molar-refractivity contribution is 7.89. The van der Waals surface area contributed by atoms with Crippen molar-refractivity contribution < 1.29 is 27.5 Å². The quantitative estimate of drug-likeness (QED) is 0.608. The normalized spacial score (nSPS) is 19.2. The van der Waals surface area contributed by atoms with Crippen LogP contribution in [0.15, 0.2) is 47.4 Å². The number of sulfonamides is 1. The molecule has 0 bridgehead atoms. The van der Waals surface area contributed by atoms with Gasteiger partial charge in [-0.1, -0.05) is 12.1 Å². The van der Waals surface area contributed by atoms with Crippen LogP contribution >= 0.6 is 0 Å². The summed E-state index contributed by atoms with van der Waals surface area (Å²) in [6, 6.07) is 11.3. The van der Waals surface area contributed by atoms with Crippen molar-refractivity contribution in [2.45, 2.75) is 30.3 Å². The highest BCUT2D eigenvalue weighted by Crippen LogP contribution is 2.34. The number of benzene rings is 2. The fraction of sp³-hybridized carbons (Fsp3) is 0.364. The van der Waals surface area contributed by atoms with E-state index in [4.69, 9.17) is 9.47 Å². The largest absolute Gasteiger partial charge is 0.497 e. The molecule has 164 valence electrons. The summed E-state index contributed by atoms with van der Waals surface area (Å²) in [6.45, 7) is 0.927. The van der Waals surface area contributed by atoms with Gasteiger partial charge in [-0.25, -0.2) is 8.42 Å². The second-order valence-corrected chi connectivity index (χ2v) is 9.51. The Morgan fingerprint density at radius 3 is 2.48 bits per heavy atom. The lowest BCUT2D eigenvalue weighted by molar-refractivity contribution is -0.114. The Labute approximate surface area is 181 Å². The first-order chi connectivity index (χ1) is 14.9. The zero-order valence-corrected chi connectivity index (χ0v) is 18.2. The average molecular weight is 445 g/mol. The van der Waals surface area contributed by atoms with Gasteiger partial charge in [0, 0.05) is 19.7 Å². The van der Waals surface area contributed by atoms with Crippen molar-refractivity contribution in [3.8, 4) is 5.75 Å². The summed E-state index contributed by atoms with van der Waals surface area (Å²) >= 11 is 0. The Balaban J connectivity index is 1.63. The van der Waals surface area contributed by atoms with Gasteiger partial charge in [0.15, 0.2) is 0 Å². The smallest absolute Gasteiger partial charge is 0.299 e. The van der Waals surface area contributed by atoms with Crippen molar-refractivity contribution in [2.75, 3.05) is 32.3 Å². The first kappa shape index (κ1) is 21.5. The molecule has 0 radical (unpaired) electrons. The van der Waals surface area contributed by atoms with Crippen LogP contribution in [0.5, 0.6) is 5.75 Å². The third-order valence-corrected chi connectivity index (χ3v) is 7.68. The van der Waals surface area contributed by atoms with Crippen LogP contribution in [-0.4, -0.2) is 57.8 Å². The predicted octanol–water partition coefficient (Wildman–Crippen LogP) is 2.22. The summed E-state index contributed by atoms with van der Waals surface area (Å²) in [5, 5.41) is 0. The number of anilines is 1. The molecule has 0 aliphatic carbocycles. The zero-order valence-electron chi connectivity index (χ0n) is 17.4. The maximum absolute atomic E-state index is 13.2. The van der Waals surface area contributed by atoms with Crippen LogP contribution in [0.2, 0.25) is 0 Å². The first-order valence-corrected chi connectivity index (χ1v) is 11.4. The van der Waals surface area contributed by atoms with Gasteiger partial charge in [-0.2, -0.15) is 4.31 Å². The van der Waals surface area contributed by atoms with Crippen LogP contribution in [0, 0.1) is 0 Å². The molecule has 1 saturated heterocycles. The minimum absolute atomic E-state index is 0.0155. The van der Waals surface area contributed by atoms with Crippen LogP contribution in [-0.2, 0) is 26.1 Å². The molecule has 0 aromatic heterocycles. The highest BCUT2D eigenvalue weighted by Gasteiger charge is 2.39. The van der Waals surface area contributed by atoms with Gasteiger partial charge in [-0.15, -0.1) is 0 Å². The van der Waals surface area contributed by atoms with E-state index in [1.165, 1.54) is 27.4 Å². The van der Waals surface area contributed by atoms with Gasteiger partial charge in [0.2, 0.25) is 10.0 Å². The lowest BCUT2D eigenvalue weighted by atomic mass is 10.1. The van der Waals surface area contributed by atoms with E-state index in [1.807, 2.05) is 12.1 Å². The minimum Gasteiger partial charge on any atom is -0.497 e. The zero-order chi connectivity index (χ0) is 22.2. The molecule has 2 heterocycles. The number of methoxy groups -OCH3 is 2. The molecule has 0 spiro atoms. The number of hydrogen-bond donors (Lipinski definition) is 0. The molecule has 2 aliphatic heterocycles. The molecule has 1 amide bonds. The number of carbonyl (C=O) groups excluding carboxylic acids is 2. The molecular weight excluding hydrogens is 420 g/mol. The van der Waals surface area contributed by atoms with Gasteiger partial charge in [-0.05, 0) is 48.7 Å². The number of rotatable bonds is 7. The first-order valence-electron chi connectivity index (χ1n) is 10.0. The van der Waals surface area contributed by atoms with Crippen molar-refractivity contribution in [3.05, 3.63) is 53.6 Å². The molecule has 2 aliphatic rings. The lowest BCUT2D eigenvalue weighted by Gasteiger charge is -2.24. The second kappa shape index (κ2) is 8.41. The van der Waals surface area contributed by atoms with Crippen molar-refractivity contribution >= 4 is 27.4 Å². The van der Waals surface area contributed by atoms with Gasteiger partial charge >= 0.3 is 0 Å². The van der Waals surface area contributed by atoms with Crippen LogP contribution in [0.1, 0.15) is 28.8 Å². The number of ether oxygens (including phenoxy) is 2. The van der Waals surface area contributed by atoms with E-state index < -0.39 is 21.7 Å². The Morgan fingerprint density at radius 2 is 1.81 bits per heavy atom. The highest BCUT2D eigenvalue weighted by atomic mass is 32.2. The SMILES string of the molecule is COCC1CCCN1S(=O)(=O)c1ccc2c(c1)C(=O)C(=O)N2Cc1ccc(OC)cc1. The Bertz CT molecular complexity index is 1110. The maximum Gasteiger partial charge on any atom is 0.299 e. The van der Waals surface area contributed by atoms with Gasteiger partial charge in [-0.3, -0.25) is 9.59 Å². The molecule has 8 nitrogen and oxygen atoms in total. The number of amides is 1. The van der Waals surface area contributed by atoms with E-state index >= 15 is 0 Å². The van der Waals surface area contributed by atoms with E-state index in [0.717, 1.165) is 18.4 Å². The van der Waals surface area contributed by atoms with Crippen LogP contribution in [0.4, 0.5) is 5.69 Å². The van der Waals surface area contributed by atoms with Gasteiger partial charge in [0.25, 0.3) is 11.7 Å². The predicted molar refractivity (Wildman–Crippen MR) is 114 cm³/mol. The minimum atomic E-state index is -3.80. The van der Waals surface area contributed by atoms with Crippen LogP contribution < -0.4 is 9.64 Å². The maximum atomic E-state index is 13.2. The molecule has 1 fully saturated rings. The standard InChI is InChI=1S/C22H24N2O6S/c1-29-14-16-4-3-11-24(16)31(27,28)18-9-10-20-19(12-18)21(25)22(26)23(20)13-15-5-7-17(30-2)8-6-15/h5-10,12,16H,3-4,11,13-14H2,1-2H3. The summed E-state index contributed by atoms with van der Waals surface area (Å²) < 4.78 is 38.1. The molecule has 1 unspecified atom stereocenters. The third kappa shape index (κ3) is 3.84. The van der Waals surface area contributed by atoms with E-state index in [9.17, 15) is 18.0 Å². The molecule has 0 saturated carbocycles. The lowest BCUT2D eigenvalue weighted by Crippen LogP contribution is -2.38. The summed E-state index contributed by atoms with van der Waals surface area (Å²) in [4.78, 5) is 26.6. The van der Waals surface area contributed by atoms with E-state index in [1.54, 1.807) is 26.4 Å². The number of ketones is 1. The Kier molecular flexibility index (Phi) is 5.83. The van der Waals surface area contributed by atoms with E-state index in [0.29, 0.717) is 24.6 Å². The molecular formula is C22H24N2O6S. The fourth-order valence-corrected chi connectivity index (χ4v) is 5.84. The number of Topliss-reactive ketones (excluding diaryl/α,β-unsaturated/α-hetero) is 1. The summed E-state index contributed by atoms with van der Waals surface area (Å²) in [6.07, 6.45) is 1.48. The van der Waals surface area contributed by atoms with Crippen LogP contribution in [0.25, 0.3) is 0 Å². The van der Waals surface area contributed by atoms with Crippen LogP contribution in [0.3, 0.4) is 0 Å². The summed E-state index contributed by atoms with van der Waals surface area (Å²) in [5.41, 5.74) is 1.35. The molecule has 9 heteroatoms. The number of carbonyl (C=O) groups is 2. The number of hydrogen-bond acceptors (Lipinski definition) is 6. The third-order valence-electron chi connectivity index (χ3n) is 5.73. The fourth-order valence-electron chi connectivity index (χ4n) is 4.13. The number of fused-ring (bicyclic) bond motifs is 1. The number of nitrogens with zero attached hydrogens (tertiary/aromatic N) is 2. The average Bonchev–Trinajstić information content (AvgIpc) is 3.34. The van der Waals surface area contributed by atoms with Gasteiger partial charge in [0.05, 0.1) is 36.4 Å². The van der Waals surface area contributed by atoms with Crippen molar-refractivity contribution in [1.82, 2.24) is 4.31 Å².